The molecular weight excluding hydrogens is 438 g/mol. The summed E-state index contributed by atoms with van der Waals surface area (Å²) in [5, 5.41) is 9.19. The summed E-state index contributed by atoms with van der Waals surface area (Å²) < 4.78 is 5.68. The van der Waals surface area contributed by atoms with Crippen molar-refractivity contribution in [2.45, 2.75) is 59.0 Å². The second-order valence-electron chi connectivity index (χ2n) is 8.75. The Balaban J connectivity index is 1.79. The van der Waals surface area contributed by atoms with Gasteiger partial charge in [0.05, 0.1) is 24.3 Å². The Bertz CT molecular complexity index is 1070. The third-order valence-electron chi connectivity index (χ3n) is 5.61. The largest absolute Gasteiger partial charge is 0.481 e. The minimum absolute atomic E-state index is 0.156. The van der Waals surface area contributed by atoms with Crippen molar-refractivity contribution in [3.63, 3.8) is 0 Å². The highest BCUT2D eigenvalue weighted by Crippen LogP contribution is 2.30. The lowest BCUT2D eigenvalue weighted by atomic mass is 10.0. The fraction of sp³-hybridized carbons (Fsp3) is 0.458. The number of amides is 2. The first-order valence-electron chi connectivity index (χ1n) is 11.3. The van der Waals surface area contributed by atoms with Crippen molar-refractivity contribution in [2.75, 3.05) is 23.8 Å². The van der Waals surface area contributed by atoms with Crippen LogP contribution >= 0.6 is 0 Å². The van der Waals surface area contributed by atoms with E-state index in [4.69, 9.17) is 10.5 Å². The highest BCUT2D eigenvalue weighted by Gasteiger charge is 2.35. The summed E-state index contributed by atoms with van der Waals surface area (Å²) in [5.74, 6) is -1.03. The number of anilines is 2. The normalized spacial score (nSPS) is 14.7. The molecule has 2 aromatic rings. The molecule has 1 aliphatic heterocycles. The van der Waals surface area contributed by atoms with E-state index in [1.54, 1.807) is 30.0 Å². The van der Waals surface area contributed by atoms with Crippen LogP contribution in [0.1, 0.15) is 55.2 Å². The van der Waals surface area contributed by atoms with Crippen LogP contribution < -0.4 is 15.4 Å². The number of carboxylic acid groups (broad SMARTS) is 1. The van der Waals surface area contributed by atoms with Gasteiger partial charge in [-0.05, 0) is 58.2 Å². The van der Waals surface area contributed by atoms with Gasteiger partial charge in [0.2, 0.25) is 17.7 Å². The molecule has 0 fully saturated rings. The van der Waals surface area contributed by atoms with Crippen LogP contribution in [0.3, 0.4) is 0 Å². The predicted octanol–water partition coefficient (Wildman–Crippen LogP) is 2.44. The lowest BCUT2D eigenvalue weighted by molar-refractivity contribution is -0.138. The van der Waals surface area contributed by atoms with Crippen LogP contribution in [0.25, 0.3) is 0 Å². The zero-order valence-corrected chi connectivity index (χ0v) is 19.9. The topological polar surface area (TPSA) is 139 Å². The molecule has 2 heterocycles. The number of fused-ring (bicyclic) bond motifs is 1. The van der Waals surface area contributed by atoms with Crippen molar-refractivity contribution in [1.82, 2.24) is 14.9 Å². The van der Waals surface area contributed by atoms with E-state index in [-0.39, 0.29) is 36.8 Å². The van der Waals surface area contributed by atoms with Crippen LogP contribution in [0, 0.1) is 6.92 Å². The molecule has 1 aromatic carbocycles. The maximum atomic E-state index is 13.4. The fourth-order valence-corrected chi connectivity index (χ4v) is 4.08. The van der Waals surface area contributed by atoms with Gasteiger partial charge in [-0.1, -0.05) is 6.07 Å². The summed E-state index contributed by atoms with van der Waals surface area (Å²) in [5.41, 5.74) is 8.22. The molecule has 3 N–H and O–H groups in total. The predicted molar refractivity (Wildman–Crippen MR) is 127 cm³/mol. The molecule has 0 saturated carbocycles. The molecule has 182 valence electrons. The number of ether oxygens (including phenoxy) is 1. The third kappa shape index (κ3) is 5.81. The molecule has 1 unspecified atom stereocenters. The average Bonchev–Trinajstić information content (AvgIpc) is 2.84. The monoisotopic (exact) mass is 469 g/mol. The number of nitrogens with zero attached hydrogens (tertiary/aromatic N) is 4. The number of carbonyl (C=O) groups excluding carboxylic acids is 2. The third-order valence-corrected chi connectivity index (χ3v) is 5.61. The quantitative estimate of drug-likeness (QED) is 0.534. The second-order valence-corrected chi connectivity index (χ2v) is 8.75. The van der Waals surface area contributed by atoms with Gasteiger partial charge in [0, 0.05) is 23.8 Å². The molecule has 34 heavy (non-hydrogen) atoms. The van der Waals surface area contributed by atoms with Gasteiger partial charge in [0.15, 0.2) is 0 Å². The van der Waals surface area contributed by atoms with Gasteiger partial charge in [-0.3, -0.25) is 14.4 Å². The molecule has 1 aromatic heterocycles. The number of nitrogens with two attached hydrogens (primary N) is 1. The standard InChI is InChI=1S/C24H31N5O5/c1-14(2)29-19-8-7-17(6-5-9-34-20-10-15(3)26-24(25)27-20)12-18(19)23(33)28(13-21(29)30)16(4)11-22(31)32/h7-8,10,12,14,16H,5-6,9,11,13H2,1-4H3,(H,31,32)(H2,25,26,27). The van der Waals surface area contributed by atoms with E-state index in [2.05, 4.69) is 9.97 Å². The van der Waals surface area contributed by atoms with E-state index >= 15 is 0 Å². The number of nitrogen functional groups attached to an aromatic ring is 1. The molecule has 0 saturated heterocycles. The summed E-state index contributed by atoms with van der Waals surface area (Å²) in [4.78, 5) is 48.6. The molecule has 0 radical (unpaired) electrons. The van der Waals surface area contributed by atoms with Crippen molar-refractivity contribution in [3.05, 3.63) is 41.1 Å². The van der Waals surface area contributed by atoms with E-state index in [1.807, 2.05) is 26.8 Å². The first kappa shape index (κ1) is 24.9. The van der Waals surface area contributed by atoms with Crippen LogP contribution in [-0.4, -0.2) is 63.0 Å². The van der Waals surface area contributed by atoms with Gasteiger partial charge in [0.1, 0.15) is 6.54 Å². The van der Waals surface area contributed by atoms with Crippen LogP contribution in [0.4, 0.5) is 11.6 Å². The Morgan fingerprint density at radius 2 is 1.94 bits per heavy atom. The molecule has 0 bridgehead atoms. The average molecular weight is 470 g/mol. The van der Waals surface area contributed by atoms with E-state index in [0.29, 0.717) is 36.6 Å². The minimum atomic E-state index is -1.02. The Labute approximate surface area is 198 Å². The maximum absolute atomic E-state index is 13.4. The Hall–Kier alpha value is -3.69. The summed E-state index contributed by atoms with van der Waals surface area (Å²) in [6.07, 6.45) is 1.07. The summed E-state index contributed by atoms with van der Waals surface area (Å²) >= 11 is 0. The van der Waals surface area contributed by atoms with Gasteiger partial charge in [0.25, 0.3) is 5.91 Å². The van der Waals surface area contributed by atoms with Crippen LogP contribution in [0.5, 0.6) is 5.88 Å². The highest BCUT2D eigenvalue weighted by molar-refractivity contribution is 6.10. The van der Waals surface area contributed by atoms with Crippen molar-refractivity contribution >= 4 is 29.4 Å². The number of rotatable bonds is 9. The van der Waals surface area contributed by atoms with Crippen molar-refractivity contribution in [3.8, 4) is 5.88 Å². The first-order valence-corrected chi connectivity index (χ1v) is 11.3. The van der Waals surface area contributed by atoms with E-state index in [0.717, 1.165) is 11.3 Å². The lowest BCUT2D eigenvalue weighted by Crippen LogP contribution is -2.46. The first-order chi connectivity index (χ1) is 16.1. The molecule has 3 rings (SSSR count). The van der Waals surface area contributed by atoms with Crippen LogP contribution in [0.15, 0.2) is 24.3 Å². The molecule has 2 amide bonds. The molecule has 0 spiro atoms. The second kappa shape index (κ2) is 10.5. The van der Waals surface area contributed by atoms with Crippen molar-refractivity contribution in [1.29, 1.82) is 0 Å². The Kier molecular flexibility index (Phi) is 7.70. The molecule has 0 aliphatic carbocycles. The van der Waals surface area contributed by atoms with E-state index in [9.17, 15) is 19.5 Å². The van der Waals surface area contributed by atoms with E-state index in [1.165, 1.54) is 4.90 Å². The number of aliphatic carboxylic acids is 1. The van der Waals surface area contributed by atoms with Crippen LogP contribution in [0.2, 0.25) is 0 Å². The molecule has 1 atom stereocenters. The van der Waals surface area contributed by atoms with Gasteiger partial charge < -0.3 is 25.4 Å². The number of carbonyl (C=O) groups is 3. The summed E-state index contributed by atoms with van der Waals surface area (Å²) in [7, 11) is 0. The zero-order valence-electron chi connectivity index (χ0n) is 19.9. The van der Waals surface area contributed by atoms with Crippen molar-refractivity contribution < 1.29 is 24.2 Å². The number of benzene rings is 1. The van der Waals surface area contributed by atoms with Gasteiger partial charge in [-0.2, -0.15) is 4.98 Å². The molecular formula is C24H31N5O5. The molecule has 10 heteroatoms. The molecule has 10 nitrogen and oxygen atoms in total. The van der Waals surface area contributed by atoms with Crippen molar-refractivity contribution in [2.24, 2.45) is 0 Å². The van der Waals surface area contributed by atoms with Gasteiger partial charge in [-0.25, -0.2) is 4.98 Å². The summed E-state index contributed by atoms with van der Waals surface area (Å²) in [6, 6.07) is 6.42. The minimum Gasteiger partial charge on any atom is -0.481 e. The summed E-state index contributed by atoms with van der Waals surface area (Å²) in [6.45, 7) is 7.46. The zero-order chi connectivity index (χ0) is 25.0. The maximum Gasteiger partial charge on any atom is 0.305 e. The van der Waals surface area contributed by atoms with Gasteiger partial charge >= 0.3 is 5.97 Å². The fourth-order valence-electron chi connectivity index (χ4n) is 4.08. The smallest absolute Gasteiger partial charge is 0.305 e. The number of aromatic nitrogens is 2. The highest BCUT2D eigenvalue weighted by atomic mass is 16.5. The lowest BCUT2D eigenvalue weighted by Gasteiger charge is -2.28. The number of hydrogen-bond acceptors (Lipinski definition) is 7. The number of hydrogen-bond donors (Lipinski definition) is 2. The SMILES string of the molecule is Cc1cc(OCCCc2ccc3c(c2)C(=O)N(C(C)CC(=O)O)CC(=O)N3C(C)C)nc(N)n1. The Morgan fingerprint density at radius 1 is 1.21 bits per heavy atom. The number of aryl methyl sites for hydroxylation is 2. The van der Waals surface area contributed by atoms with Gasteiger partial charge in [-0.15, -0.1) is 0 Å². The number of carboxylic acids is 1. The molecule has 1 aliphatic rings. The van der Waals surface area contributed by atoms with E-state index < -0.39 is 12.0 Å². The van der Waals surface area contributed by atoms with Crippen LogP contribution in [-0.2, 0) is 16.0 Å². The Morgan fingerprint density at radius 3 is 2.59 bits per heavy atom.